The number of anilines is 2. The number of primary amides is 1. The van der Waals surface area contributed by atoms with Crippen LogP contribution in [0.15, 0.2) is 35.8 Å². The molecule has 3 N–H and O–H groups in total. The number of amides is 3. The number of carbonyl (C=O) groups excluding carboxylic acids is 3. The second kappa shape index (κ2) is 10.2. The Labute approximate surface area is 180 Å². The fraction of sp³-hybridized carbons (Fsp3) is 0.429. The lowest BCUT2D eigenvalue weighted by atomic mass is 9.84. The van der Waals surface area contributed by atoms with Gasteiger partial charge in [-0.3, -0.25) is 19.3 Å². The van der Waals surface area contributed by atoms with Crippen molar-refractivity contribution in [3.05, 3.63) is 35.8 Å². The van der Waals surface area contributed by atoms with E-state index in [-0.39, 0.29) is 18.7 Å². The third-order valence-electron chi connectivity index (χ3n) is 4.29. The molecule has 1 atom stereocenters. The normalized spacial score (nSPS) is 12.1. The van der Waals surface area contributed by atoms with Gasteiger partial charge in [0.25, 0.3) is 0 Å². The van der Waals surface area contributed by atoms with E-state index in [0.29, 0.717) is 23.2 Å². The van der Waals surface area contributed by atoms with Gasteiger partial charge in [-0.05, 0) is 24.5 Å². The molecule has 0 aliphatic carbocycles. The minimum atomic E-state index is -0.923. The molecule has 1 unspecified atom stereocenters. The summed E-state index contributed by atoms with van der Waals surface area (Å²) in [5.74, 6) is -0.886. The molecule has 9 heteroatoms. The number of rotatable bonds is 9. The molecule has 2 rings (SSSR count). The summed E-state index contributed by atoms with van der Waals surface area (Å²) in [5, 5.41) is 4.86. The van der Waals surface area contributed by atoms with E-state index in [1.807, 2.05) is 27.7 Å². The molecule has 1 heterocycles. The number of hydrogen-bond donors (Lipinski definition) is 2. The van der Waals surface area contributed by atoms with Crippen molar-refractivity contribution in [3.63, 3.8) is 0 Å². The van der Waals surface area contributed by atoms with E-state index in [1.54, 1.807) is 35.8 Å². The number of nitrogens with zero attached hydrogens (tertiary/aromatic N) is 2. The summed E-state index contributed by atoms with van der Waals surface area (Å²) in [6.07, 6.45) is 1.43. The quantitative estimate of drug-likeness (QED) is 0.631. The van der Waals surface area contributed by atoms with E-state index in [9.17, 15) is 14.4 Å². The smallest absolute Gasteiger partial charge is 0.241 e. The van der Waals surface area contributed by atoms with E-state index in [0.717, 1.165) is 0 Å². The molecular weight excluding hydrogens is 404 g/mol. The van der Waals surface area contributed by atoms with Gasteiger partial charge in [-0.15, -0.1) is 11.3 Å². The molecule has 8 nitrogen and oxygen atoms in total. The average Bonchev–Trinajstić information content (AvgIpc) is 3.16. The lowest BCUT2D eigenvalue weighted by molar-refractivity contribution is -0.127. The molecule has 30 heavy (non-hydrogen) atoms. The van der Waals surface area contributed by atoms with Crippen LogP contribution in [0.1, 0.15) is 40.5 Å². The van der Waals surface area contributed by atoms with Crippen LogP contribution in [0.5, 0.6) is 5.75 Å². The van der Waals surface area contributed by atoms with Crippen molar-refractivity contribution in [1.82, 2.24) is 4.98 Å². The molecule has 0 aliphatic heterocycles. The van der Waals surface area contributed by atoms with Crippen LogP contribution in [0.3, 0.4) is 0 Å². The van der Waals surface area contributed by atoms with Crippen molar-refractivity contribution < 1.29 is 19.1 Å². The van der Waals surface area contributed by atoms with Crippen LogP contribution in [0, 0.1) is 5.41 Å². The predicted molar refractivity (Wildman–Crippen MR) is 118 cm³/mol. The van der Waals surface area contributed by atoms with Crippen LogP contribution in [-0.4, -0.2) is 35.4 Å². The zero-order chi connectivity index (χ0) is 22.3. The number of ether oxygens (including phenoxy) is 1. The minimum absolute atomic E-state index is 0.0542. The van der Waals surface area contributed by atoms with E-state index in [2.05, 4.69) is 10.3 Å². The van der Waals surface area contributed by atoms with E-state index >= 15 is 0 Å². The van der Waals surface area contributed by atoms with Gasteiger partial charge in [0.05, 0.1) is 12.3 Å². The van der Waals surface area contributed by atoms with Gasteiger partial charge in [0.1, 0.15) is 11.8 Å². The summed E-state index contributed by atoms with van der Waals surface area (Å²) in [6.45, 7) is 7.73. The Kier molecular flexibility index (Phi) is 7.93. The van der Waals surface area contributed by atoms with Gasteiger partial charge in [0.15, 0.2) is 5.13 Å². The van der Waals surface area contributed by atoms with E-state index < -0.39 is 23.3 Å². The summed E-state index contributed by atoms with van der Waals surface area (Å²) < 4.78 is 5.67. The molecule has 2 aromatic rings. The summed E-state index contributed by atoms with van der Waals surface area (Å²) in [6, 6.07) is 6.06. The number of benzene rings is 1. The number of hydrogen-bond acceptors (Lipinski definition) is 6. The predicted octanol–water partition coefficient (Wildman–Crippen LogP) is 3.19. The molecule has 3 amide bonds. The molecule has 0 aliphatic rings. The topological polar surface area (TPSA) is 115 Å². The van der Waals surface area contributed by atoms with Gasteiger partial charge in [0, 0.05) is 24.4 Å². The van der Waals surface area contributed by atoms with Crippen LogP contribution in [0.4, 0.5) is 10.8 Å². The fourth-order valence-corrected chi connectivity index (χ4v) is 3.65. The monoisotopic (exact) mass is 432 g/mol. The van der Waals surface area contributed by atoms with Crippen LogP contribution in [-0.2, 0) is 14.4 Å². The summed E-state index contributed by atoms with van der Waals surface area (Å²) in [5.41, 5.74) is 5.52. The van der Waals surface area contributed by atoms with Crippen molar-refractivity contribution in [1.29, 1.82) is 0 Å². The highest BCUT2D eigenvalue weighted by molar-refractivity contribution is 7.13. The maximum absolute atomic E-state index is 13.3. The maximum atomic E-state index is 13.3. The summed E-state index contributed by atoms with van der Waals surface area (Å²) in [7, 11) is 0. The van der Waals surface area contributed by atoms with Crippen LogP contribution < -0.4 is 20.7 Å². The maximum Gasteiger partial charge on any atom is 0.241 e. The van der Waals surface area contributed by atoms with Crippen LogP contribution in [0.2, 0.25) is 0 Å². The van der Waals surface area contributed by atoms with E-state index in [4.69, 9.17) is 10.5 Å². The van der Waals surface area contributed by atoms with Gasteiger partial charge in [-0.25, -0.2) is 4.98 Å². The molecule has 0 radical (unpaired) electrons. The number of thiazole rings is 1. The van der Waals surface area contributed by atoms with Crippen molar-refractivity contribution in [2.24, 2.45) is 11.1 Å². The molecule has 0 saturated carbocycles. The second-order valence-electron chi connectivity index (χ2n) is 7.72. The first-order valence-electron chi connectivity index (χ1n) is 9.67. The Morgan fingerprint density at radius 2 is 1.93 bits per heavy atom. The fourth-order valence-electron chi connectivity index (χ4n) is 3.10. The third kappa shape index (κ3) is 6.03. The van der Waals surface area contributed by atoms with Gasteiger partial charge in [-0.1, -0.05) is 32.9 Å². The Hall–Kier alpha value is -2.94. The molecule has 1 aromatic carbocycles. The van der Waals surface area contributed by atoms with Crippen molar-refractivity contribution in [3.8, 4) is 5.75 Å². The molecule has 0 bridgehead atoms. The minimum Gasteiger partial charge on any atom is -0.492 e. The molecule has 0 spiro atoms. The summed E-state index contributed by atoms with van der Waals surface area (Å²) >= 11 is 1.29. The van der Waals surface area contributed by atoms with Gasteiger partial charge in [0.2, 0.25) is 17.7 Å². The average molecular weight is 433 g/mol. The standard InChI is InChI=1S/C21H28N4O4S/c1-5-29-15-9-7-6-8-14(15)25(18(19(22)28)21(2,3)4)17(27)11-10-16(26)24-20-23-12-13-30-20/h6-9,12-13,18H,5,10-11H2,1-4H3,(H2,22,28)(H,23,24,26). The molecule has 1 aromatic heterocycles. The number of nitrogens with two attached hydrogens (primary N) is 1. The number of nitrogens with one attached hydrogen (secondary N) is 1. The first-order valence-corrected chi connectivity index (χ1v) is 10.6. The molecular formula is C21H28N4O4S. The Balaban J connectivity index is 2.32. The Morgan fingerprint density at radius 3 is 2.50 bits per heavy atom. The molecule has 162 valence electrons. The summed E-state index contributed by atoms with van der Waals surface area (Å²) in [4.78, 5) is 43.2. The highest BCUT2D eigenvalue weighted by Crippen LogP contribution is 2.35. The lowest BCUT2D eigenvalue weighted by Crippen LogP contribution is -2.55. The van der Waals surface area contributed by atoms with Crippen LogP contribution >= 0.6 is 11.3 Å². The second-order valence-corrected chi connectivity index (χ2v) is 8.62. The van der Waals surface area contributed by atoms with Crippen molar-refractivity contribution >= 4 is 39.9 Å². The highest BCUT2D eigenvalue weighted by atomic mass is 32.1. The van der Waals surface area contributed by atoms with Crippen molar-refractivity contribution in [2.45, 2.75) is 46.6 Å². The van der Waals surface area contributed by atoms with Gasteiger partial charge >= 0.3 is 0 Å². The molecule has 0 fully saturated rings. The first-order chi connectivity index (χ1) is 14.1. The molecule has 0 saturated heterocycles. The third-order valence-corrected chi connectivity index (χ3v) is 4.97. The zero-order valence-corrected chi connectivity index (χ0v) is 18.5. The van der Waals surface area contributed by atoms with Gasteiger partial charge in [-0.2, -0.15) is 0 Å². The zero-order valence-electron chi connectivity index (χ0n) is 17.7. The number of para-hydroxylation sites is 2. The highest BCUT2D eigenvalue weighted by Gasteiger charge is 2.39. The van der Waals surface area contributed by atoms with Gasteiger partial charge < -0.3 is 15.8 Å². The Bertz CT molecular complexity index is 877. The SMILES string of the molecule is CCOc1ccccc1N(C(=O)CCC(=O)Nc1nccs1)C(C(N)=O)C(C)(C)C. The Morgan fingerprint density at radius 1 is 1.23 bits per heavy atom. The lowest BCUT2D eigenvalue weighted by Gasteiger charge is -2.38. The number of carbonyl (C=O) groups is 3. The van der Waals surface area contributed by atoms with E-state index in [1.165, 1.54) is 16.2 Å². The van der Waals surface area contributed by atoms with Crippen molar-refractivity contribution in [2.75, 3.05) is 16.8 Å². The van der Waals surface area contributed by atoms with Crippen LogP contribution in [0.25, 0.3) is 0 Å². The first kappa shape index (κ1) is 23.3. The largest absolute Gasteiger partial charge is 0.492 e. The number of aromatic nitrogens is 1.